The highest BCUT2D eigenvalue weighted by atomic mass is 16.2. The minimum Gasteiger partial charge on any atom is -0.335 e. The van der Waals surface area contributed by atoms with E-state index in [1.807, 2.05) is 24.2 Å². The van der Waals surface area contributed by atoms with Crippen molar-refractivity contribution in [2.24, 2.45) is 0 Å². The highest BCUT2D eigenvalue weighted by Crippen LogP contribution is 2.23. The maximum absolute atomic E-state index is 12.6. The van der Waals surface area contributed by atoms with Crippen LogP contribution < -0.4 is 0 Å². The van der Waals surface area contributed by atoms with E-state index in [9.17, 15) is 4.79 Å². The smallest absolute Gasteiger partial charge is 0.272 e. The van der Waals surface area contributed by atoms with Gasteiger partial charge in [-0.2, -0.15) is 0 Å². The van der Waals surface area contributed by atoms with Gasteiger partial charge < -0.3 is 9.47 Å². The van der Waals surface area contributed by atoms with Crippen LogP contribution in [0, 0.1) is 13.8 Å². The van der Waals surface area contributed by atoms with Crippen molar-refractivity contribution in [3.8, 4) is 0 Å². The topological polar surface area (TPSA) is 63.9 Å². The van der Waals surface area contributed by atoms with Crippen LogP contribution in [0.5, 0.6) is 0 Å². The largest absolute Gasteiger partial charge is 0.335 e. The van der Waals surface area contributed by atoms with Crippen LogP contribution in [0.3, 0.4) is 0 Å². The molecule has 2 aromatic heterocycles. The fourth-order valence-electron chi connectivity index (χ4n) is 2.88. The first kappa shape index (κ1) is 13.7. The van der Waals surface area contributed by atoms with Crippen LogP contribution in [0.4, 0.5) is 0 Å². The molecule has 0 N–H and O–H groups in total. The molecule has 21 heavy (non-hydrogen) atoms. The summed E-state index contributed by atoms with van der Waals surface area (Å²) in [5.41, 5.74) is 0.477. The zero-order chi connectivity index (χ0) is 14.8. The molecule has 0 radical (unpaired) electrons. The third-order valence-corrected chi connectivity index (χ3v) is 3.93. The average molecular weight is 285 g/mol. The van der Waals surface area contributed by atoms with Crippen molar-refractivity contribution >= 4 is 5.91 Å². The lowest BCUT2D eigenvalue weighted by Gasteiger charge is -2.33. The van der Waals surface area contributed by atoms with Crippen LogP contribution in [0.1, 0.15) is 41.0 Å². The van der Waals surface area contributed by atoms with E-state index >= 15 is 0 Å². The summed E-state index contributed by atoms with van der Waals surface area (Å²) in [7, 11) is 0. The first-order chi connectivity index (χ1) is 10.1. The Morgan fingerprint density at radius 1 is 1.29 bits per heavy atom. The Morgan fingerprint density at radius 3 is 2.86 bits per heavy atom. The van der Waals surface area contributed by atoms with E-state index in [1.165, 1.54) is 0 Å². The summed E-state index contributed by atoms with van der Waals surface area (Å²) < 4.78 is 2.16. The van der Waals surface area contributed by atoms with Gasteiger partial charge in [0.15, 0.2) is 0 Å². The molecule has 110 valence electrons. The highest BCUT2D eigenvalue weighted by molar-refractivity contribution is 5.92. The number of amides is 1. The summed E-state index contributed by atoms with van der Waals surface area (Å²) in [5.74, 6) is 1.61. The number of aryl methyl sites for hydroxylation is 2. The molecule has 2 aromatic rings. The molecule has 6 heteroatoms. The van der Waals surface area contributed by atoms with Gasteiger partial charge in [0.25, 0.3) is 5.91 Å². The number of nitrogens with zero attached hydrogens (tertiary/aromatic N) is 5. The van der Waals surface area contributed by atoms with Gasteiger partial charge in [0, 0.05) is 31.7 Å². The Morgan fingerprint density at radius 2 is 2.14 bits per heavy atom. The average Bonchev–Trinajstić information content (AvgIpc) is 2.93. The molecule has 0 aliphatic carbocycles. The van der Waals surface area contributed by atoms with E-state index in [0.717, 1.165) is 25.2 Å². The van der Waals surface area contributed by atoms with Gasteiger partial charge in [-0.25, -0.2) is 15.0 Å². The molecular weight excluding hydrogens is 266 g/mol. The Kier molecular flexibility index (Phi) is 3.68. The van der Waals surface area contributed by atoms with E-state index < -0.39 is 0 Å². The lowest BCUT2D eigenvalue weighted by molar-refractivity contribution is 0.0672. The lowest BCUT2D eigenvalue weighted by Crippen LogP contribution is -2.41. The third-order valence-electron chi connectivity index (χ3n) is 3.93. The monoisotopic (exact) mass is 285 g/mol. The Hall–Kier alpha value is -2.24. The molecule has 6 nitrogen and oxygen atoms in total. The zero-order valence-electron chi connectivity index (χ0n) is 12.4. The van der Waals surface area contributed by atoms with E-state index in [-0.39, 0.29) is 5.91 Å². The van der Waals surface area contributed by atoms with Gasteiger partial charge >= 0.3 is 0 Å². The van der Waals surface area contributed by atoms with E-state index in [2.05, 4.69) is 19.5 Å². The molecule has 1 saturated heterocycles. The summed E-state index contributed by atoms with van der Waals surface area (Å²) in [5, 5.41) is 0. The van der Waals surface area contributed by atoms with Crippen molar-refractivity contribution in [1.29, 1.82) is 0 Å². The predicted molar refractivity (Wildman–Crippen MR) is 77.9 cm³/mol. The van der Waals surface area contributed by atoms with E-state index in [0.29, 0.717) is 24.1 Å². The Labute approximate surface area is 123 Å². The summed E-state index contributed by atoms with van der Waals surface area (Å²) in [6.45, 7) is 5.28. The number of rotatable bonds is 2. The van der Waals surface area contributed by atoms with Crippen LogP contribution in [-0.4, -0.2) is 43.4 Å². The highest BCUT2D eigenvalue weighted by Gasteiger charge is 2.26. The van der Waals surface area contributed by atoms with Crippen LogP contribution in [-0.2, 0) is 0 Å². The molecule has 0 spiro atoms. The molecule has 0 unspecified atom stereocenters. The maximum Gasteiger partial charge on any atom is 0.272 e. The molecule has 1 aliphatic rings. The summed E-state index contributed by atoms with van der Waals surface area (Å²) in [6, 6.07) is 1.98. The molecule has 3 rings (SSSR count). The first-order valence-corrected chi connectivity index (χ1v) is 7.23. The second-order valence-electron chi connectivity index (χ2n) is 5.42. The molecule has 1 amide bonds. The van der Waals surface area contributed by atoms with Crippen molar-refractivity contribution in [3.63, 3.8) is 0 Å². The van der Waals surface area contributed by atoms with E-state index in [1.54, 1.807) is 19.2 Å². The number of piperidine rings is 1. The maximum atomic E-state index is 12.6. The van der Waals surface area contributed by atoms with Crippen molar-refractivity contribution in [2.45, 2.75) is 32.7 Å². The number of aromatic nitrogens is 4. The standard InChI is InChI=1S/C15H19N5O/c1-11-16-6-5-14(18-11)15(21)19-8-3-4-13(10-19)20-9-7-17-12(20)2/h5-7,9,13H,3-4,8,10H2,1-2H3/t13-/m1/s1. The minimum atomic E-state index is -0.0111. The molecule has 0 bridgehead atoms. The Balaban J connectivity index is 1.77. The second kappa shape index (κ2) is 5.63. The summed E-state index contributed by atoms with van der Waals surface area (Å²) in [4.78, 5) is 27.0. The van der Waals surface area contributed by atoms with Gasteiger partial charge in [-0.1, -0.05) is 0 Å². The van der Waals surface area contributed by atoms with Gasteiger partial charge in [0.1, 0.15) is 17.3 Å². The van der Waals surface area contributed by atoms with Crippen molar-refractivity contribution < 1.29 is 4.79 Å². The molecule has 0 aromatic carbocycles. The zero-order valence-corrected chi connectivity index (χ0v) is 12.4. The lowest BCUT2D eigenvalue weighted by atomic mass is 10.0. The third kappa shape index (κ3) is 2.79. The molecule has 1 atom stereocenters. The Bertz CT molecular complexity index is 651. The number of hydrogen-bond donors (Lipinski definition) is 0. The number of imidazole rings is 1. The number of carbonyl (C=O) groups excluding carboxylic acids is 1. The quantitative estimate of drug-likeness (QED) is 0.843. The van der Waals surface area contributed by atoms with Crippen LogP contribution >= 0.6 is 0 Å². The van der Waals surface area contributed by atoms with Crippen molar-refractivity contribution in [3.05, 3.63) is 42.0 Å². The SMILES string of the molecule is Cc1nccc(C(=O)N2CCC[C@@H](n3ccnc3C)C2)n1. The van der Waals surface area contributed by atoms with E-state index in [4.69, 9.17) is 0 Å². The van der Waals surface area contributed by atoms with Gasteiger partial charge in [-0.15, -0.1) is 0 Å². The summed E-state index contributed by atoms with van der Waals surface area (Å²) >= 11 is 0. The second-order valence-corrected chi connectivity index (χ2v) is 5.42. The number of carbonyl (C=O) groups is 1. The fraction of sp³-hybridized carbons (Fsp3) is 0.467. The van der Waals surface area contributed by atoms with Gasteiger partial charge in [0.05, 0.1) is 6.04 Å². The minimum absolute atomic E-state index is 0.0111. The fourth-order valence-corrected chi connectivity index (χ4v) is 2.88. The normalized spacial score (nSPS) is 18.8. The molecule has 1 fully saturated rings. The van der Waals surface area contributed by atoms with Crippen LogP contribution in [0.15, 0.2) is 24.7 Å². The van der Waals surface area contributed by atoms with Gasteiger partial charge in [-0.05, 0) is 32.8 Å². The molecular formula is C15H19N5O. The number of hydrogen-bond acceptors (Lipinski definition) is 4. The van der Waals surface area contributed by atoms with Crippen molar-refractivity contribution in [1.82, 2.24) is 24.4 Å². The molecule has 0 saturated carbocycles. The molecule has 1 aliphatic heterocycles. The molecule has 3 heterocycles. The predicted octanol–water partition coefficient (Wildman–Crippen LogP) is 1.77. The van der Waals surface area contributed by atoms with Gasteiger partial charge in [-0.3, -0.25) is 4.79 Å². The van der Waals surface area contributed by atoms with Gasteiger partial charge in [0.2, 0.25) is 0 Å². The summed E-state index contributed by atoms with van der Waals surface area (Å²) in [6.07, 6.45) is 7.51. The van der Waals surface area contributed by atoms with Crippen LogP contribution in [0.25, 0.3) is 0 Å². The van der Waals surface area contributed by atoms with Crippen LogP contribution in [0.2, 0.25) is 0 Å². The first-order valence-electron chi connectivity index (χ1n) is 7.23. The van der Waals surface area contributed by atoms with Crippen molar-refractivity contribution in [2.75, 3.05) is 13.1 Å². The number of likely N-dealkylation sites (tertiary alicyclic amines) is 1.